The standard InChI is InChI=1S/C17H25N3O5S/c1-13-3-5-15(6-4-13)26(24,25)20-11-7-14(8-12-20)18-17(23)19(2)10-9-16(21)22/h3-6,14H,7-12H2,1-2H3,(H,18,23)(H,21,22). The minimum Gasteiger partial charge on any atom is -0.481 e. The van der Waals surface area contributed by atoms with E-state index < -0.39 is 16.0 Å². The highest BCUT2D eigenvalue weighted by atomic mass is 32.2. The quantitative estimate of drug-likeness (QED) is 0.769. The Labute approximate surface area is 153 Å². The lowest BCUT2D eigenvalue weighted by Crippen LogP contribution is -2.49. The molecule has 0 aromatic heterocycles. The second-order valence-corrected chi connectivity index (χ2v) is 8.44. The van der Waals surface area contributed by atoms with Crippen LogP contribution in [0.4, 0.5) is 4.79 Å². The number of aliphatic carboxylic acids is 1. The van der Waals surface area contributed by atoms with Gasteiger partial charge in [0.15, 0.2) is 0 Å². The summed E-state index contributed by atoms with van der Waals surface area (Å²) in [7, 11) is -1.98. The number of carbonyl (C=O) groups excluding carboxylic acids is 1. The van der Waals surface area contributed by atoms with Crippen LogP contribution in [-0.2, 0) is 14.8 Å². The molecule has 0 spiro atoms. The normalized spacial score (nSPS) is 16.2. The van der Waals surface area contributed by atoms with Crippen molar-refractivity contribution in [3.8, 4) is 0 Å². The highest BCUT2D eigenvalue weighted by molar-refractivity contribution is 7.89. The molecule has 2 N–H and O–H groups in total. The molecule has 1 heterocycles. The Morgan fingerprint density at radius 2 is 1.81 bits per heavy atom. The molecule has 1 aliphatic rings. The van der Waals surface area contributed by atoms with Gasteiger partial charge < -0.3 is 15.3 Å². The number of aryl methyl sites for hydroxylation is 1. The molecule has 8 nitrogen and oxygen atoms in total. The lowest BCUT2D eigenvalue weighted by atomic mass is 10.1. The van der Waals surface area contributed by atoms with Crippen LogP contribution in [0, 0.1) is 6.92 Å². The van der Waals surface area contributed by atoms with Gasteiger partial charge in [0.25, 0.3) is 0 Å². The number of hydrogen-bond acceptors (Lipinski definition) is 4. The Morgan fingerprint density at radius 1 is 1.23 bits per heavy atom. The second-order valence-electron chi connectivity index (χ2n) is 6.51. The first-order valence-electron chi connectivity index (χ1n) is 8.50. The summed E-state index contributed by atoms with van der Waals surface area (Å²) in [4.78, 5) is 24.2. The largest absolute Gasteiger partial charge is 0.481 e. The lowest BCUT2D eigenvalue weighted by molar-refractivity contribution is -0.137. The van der Waals surface area contributed by atoms with E-state index >= 15 is 0 Å². The molecule has 144 valence electrons. The molecular formula is C17H25N3O5S. The van der Waals surface area contributed by atoms with Gasteiger partial charge >= 0.3 is 12.0 Å². The summed E-state index contributed by atoms with van der Waals surface area (Å²) in [6, 6.07) is 6.29. The van der Waals surface area contributed by atoms with Crippen molar-refractivity contribution in [1.82, 2.24) is 14.5 Å². The number of amides is 2. The van der Waals surface area contributed by atoms with Gasteiger partial charge in [-0.2, -0.15) is 4.31 Å². The van der Waals surface area contributed by atoms with E-state index in [2.05, 4.69) is 5.32 Å². The van der Waals surface area contributed by atoms with E-state index in [4.69, 9.17) is 5.11 Å². The van der Waals surface area contributed by atoms with Crippen LogP contribution in [0.25, 0.3) is 0 Å². The van der Waals surface area contributed by atoms with Gasteiger partial charge in [-0.05, 0) is 31.9 Å². The molecule has 0 bridgehead atoms. The van der Waals surface area contributed by atoms with Gasteiger partial charge in [-0.15, -0.1) is 0 Å². The number of nitrogens with zero attached hydrogens (tertiary/aromatic N) is 2. The average molecular weight is 383 g/mol. The van der Waals surface area contributed by atoms with E-state index in [0.29, 0.717) is 25.9 Å². The molecule has 0 atom stereocenters. The zero-order valence-electron chi connectivity index (χ0n) is 15.0. The fourth-order valence-electron chi connectivity index (χ4n) is 2.75. The van der Waals surface area contributed by atoms with E-state index in [0.717, 1.165) is 5.56 Å². The molecule has 2 rings (SSSR count). The maximum atomic E-state index is 12.7. The fourth-order valence-corrected chi connectivity index (χ4v) is 4.22. The molecule has 1 aromatic rings. The Morgan fingerprint density at radius 3 is 2.35 bits per heavy atom. The Kier molecular flexibility index (Phi) is 6.60. The van der Waals surface area contributed by atoms with Gasteiger partial charge in [0.1, 0.15) is 0 Å². The van der Waals surface area contributed by atoms with Crippen LogP contribution >= 0.6 is 0 Å². The number of nitrogens with one attached hydrogen (secondary N) is 1. The average Bonchev–Trinajstić information content (AvgIpc) is 2.60. The van der Waals surface area contributed by atoms with Crippen molar-refractivity contribution in [3.63, 3.8) is 0 Å². The number of piperidine rings is 1. The van der Waals surface area contributed by atoms with E-state index in [9.17, 15) is 18.0 Å². The van der Waals surface area contributed by atoms with Gasteiger partial charge in [-0.25, -0.2) is 13.2 Å². The minimum absolute atomic E-state index is 0.114. The molecule has 0 unspecified atom stereocenters. The Balaban J connectivity index is 1.87. The van der Waals surface area contributed by atoms with Crippen LogP contribution in [0.2, 0.25) is 0 Å². The maximum Gasteiger partial charge on any atom is 0.317 e. The summed E-state index contributed by atoms with van der Waals surface area (Å²) < 4.78 is 26.8. The first kappa shape index (κ1) is 20.2. The summed E-state index contributed by atoms with van der Waals surface area (Å²) in [6.45, 7) is 2.69. The molecule has 0 radical (unpaired) electrons. The number of urea groups is 1. The number of hydrogen-bond donors (Lipinski definition) is 2. The summed E-state index contributed by atoms with van der Waals surface area (Å²) in [5, 5.41) is 11.5. The summed E-state index contributed by atoms with van der Waals surface area (Å²) in [5.41, 5.74) is 0.998. The third kappa shape index (κ3) is 5.18. The van der Waals surface area contributed by atoms with Crippen molar-refractivity contribution in [2.24, 2.45) is 0 Å². The zero-order chi connectivity index (χ0) is 19.3. The molecular weight excluding hydrogens is 358 g/mol. The summed E-state index contributed by atoms with van der Waals surface area (Å²) >= 11 is 0. The van der Waals surface area contributed by atoms with Crippen LogP contribution in [0.3, 0.4) is 0 Å². The Bertz CT molecular complexity index is 740. The summed E-state index contributed by atoms with van der Waals surface area (Å²) in [6.07, 6.45) is 0.921. The number of carboxylic acids is 1. The predicted molar refractivity (Wildman–Crippen MR) is 96.4 cm³/mol. The lowest BCUT2D eigenvalue weighted by Gasteiger charge is -2.32. The van der Waals surface area contributed by atoms with Gasteiger partial charge in [-0.1, -0.05) is 17.7 Å². The minimum atomic E-state index is -3.52. The topological polar surface area (TPSA) is 107 Å². The maximum absolute atomic E-state index is 12.7. The molecule has 9 heteroatoms. The number of carbonyl (C=O) groups is 2. The third-order valence-electron chi connectivity index (χ3n) is 4.45. The van der Waals surface area contributed by atoms with Crippen molar-refractivity contribution >= 4 is 22.0 Å². The number of sulfonamides is 1. The highest BCUT2D eigenvalue weighted by Crippen LogP contribution is 2.21. The van der Waals surface area contributed by atoms with Crippen LogP contribution in [0.1, 0.15) is 24.8 Å². The molecule has 1 fully saturated rings. The van der Waals surface area contributed by atoms with Crippen LogP contribution in [0.15, 0.2) is 29.2 Å². The number of rotatable bonds is 6. The summed E-state index contributed by atoms with van der Waals surface area (Å²) in [5.74, 6) is -0.959. The van der Waals surface area contributed by atoms with E-state index in [1.807, 2.05) is 6.92 Å². The monoisotopic (exact) mass is 383 g/mol. The van der Waals surface area contributed by atoms with Gasteiger partial charge in [0.05, 0.1) is 11.3 Å². The smallest absolute Gasteiger partial charge is 0.317 e. The van der Waals surface area contributed by atoms with Crippen molar-refractivity contribution in [1.29, 1.82) is 0 Å². The predicted octanol–water partition coefficient (Wildman–Crippen LogP) is 1.26. The van der Waals surface area contributed by atoms with Crippen LogP contribution in [-0.4, -0.2) is 67.5 Å². The van der Waals surface area contributed by atoms with Crippen molar-refractivity contribution < 1.29 is 23.1 Å². The molecule has 0 saturated carbocycles. The SMILES string of the molecule is Cc1ccc(S(=O)(=O)N2CCC(NC(=O)N(C)CCC(=O)O)CC2)cc1. The third-order valence-corrected chi connectivity index (χ3v) is 6.36. The van der Waals surface area contributed by atoms with Crippen molar-refractivity contribution in [3.05, 3.63) is 29.8 Å². The Hall–Kier alpha value is -2.13. The first-order valence-corrected chi connectivity index (χ1v) is 9.94. The highest BCUT2D eigenvalue weighted by Gasteiger charge is 2.30. The van der Waals surface area contributed by atoms with Crippen LogP contribution < -0.4 is 5.32 Å². The van der Waals surface area contributed by atoms with Gasteiger partial charge in [-0.3, -0.25) is 4.79 Å². The van der Waals surface area contributed by atoms with E-state index in [1.165, 1.54) is 16.3 Å². The zero-order valence-corrected chi connectivity index (χ0v) is 15.8. The molecule has 1 aromatic carbocycles. The fraction of sp³-hybridized carbons (Fsp3) is 0.529. The van der Waals surface area contributed by atoms with E-state index in [1.54, 1.807) is 24.3 Å². The molecule has 1 saturated heterocycles. The number of benzene rings is 1. The number of carboxylic acid groups (broad SMARTS) is 1. The molecule has 2 amide bonds. The molecule has 26 heavy (non-hydrogen) atoms. The first-order chi connectivity index (χ1) is 12.2. The van der Waals surface area contributed by atoms with Crippen molar-refractivity contribution in [2.45, 2.75) is 37.1 Å². The van der Waals surface area contributed by atoms with Crippen molar-refractivity contribution in [2.75, 3.05) is 26.7 Å². The van der Waals surface area contributed by atoms with Gasteiger partial charge in [0.2, 0.25) is 10.0 Å². The molecule has 0 aliphatic carbocycles. The molecule has 1 aliphatic heterocycles. The van der Waals surface area contributed by atoms with E-state index in [-0.39, 0.29) is 29.9 Å². The van der Waals surface area contributed by atoms with Gasteiger partial charge in [0, 0.05) is 32.7 Å². The second kappa shape index (κ2) is 8.50. The van der Waals surface area contributed by atoms with Crippen LogP contribution in [0.5, 0.6) is 0 Å².